The Hall–Kier alpha value is -2.22. The topological polar surface area (TPSA) is 123 Å². The van der Waals surface area contributed by atoms with Crippen molar-refractivity contribution in [1.82, 2.24) is 25.4 Å². The Morgan fingerprint density at radius 2 is 2.50 bits per heavy atom. The fourth-order valence-corrected chi connectivity index (χ4v) is 1.44. The lowest BCUT2D eigenvalue weighted by Crippen LogP contribution is -2.24. The highest BCUT2D eigenvalue weighted by Gasteiger charge is 2.19. The molecule has 0 aromatic carbocycles. The number of H-pyrrole nitrogens is 1. The first-order chi connectivity index (χ1) is 8.70. The number of aromatic amines is 1. The number of hydrogen-bond acceptors (Lipinski definition) is 6. The summed E-state index contributed by atoms with van der Waals surface area (Å²) in [5, 5.41) is 6.16. The monoisotopic (exact) mass is 250 g/mol. The van der Waals surface area contributed by atoms with E-state index in [0.717, 1.165) is 5.69 Å². The van der Waals surface area contributed by atoms with E-state index in [1.165, 1.54) is 0 Å². The first kappa shape index (κ1) is 12.2. The lowest BCUT2D eigenvalue weighted by Gasteiger charge is -2.03. The molecule has 0 aliphatic carbocycles. The molecule has 1 atom stereocenters. The zero-order chi connectivity index (χ0) is 13.0. The number of imidazole rings is 1. The summed E-state index contributed by atoms with van der Waals surface area (Å²) >= 11 is 0. The SMILES string of the molecule is CCNC(=O)c1noc(C(N)Cc2cnc[nH]2)n1. The zero-order valence-corrected chi connectivity index (χ0v) is 9.88. The van der Waals surface area contributed by atoms with Crippen LogP contribution in [0.25, 0.3) is 0 Å². The van der Waals surface area contributed by atoms with E-state index >= 15 is 0 Å². The van der Waals surface area contributed by atoms with Crippen molar-refractivity contribution in [2.24, 2.45) is 5.73 Å². The Balaban J connectivity index is 2.03. The molecular formula is C10H14N6O2. The van der Waals surface area contributed by atoms with Crippen LogP contribution < -0.4 is 11.1 Å². The van der Waals surface area contributed by atoms with E-state index in [1.807, 2.05) is 6.92 Å². The van der Waals surface area contributed by atoms with Crippen LogP contribution in [0.4, 0.5) is 0 Å². The number of carbonyl (C=O) groups is 1. The third-order valence-corrected chi connectivity index (χ3v) is 2.29. The average molecular weight is 250 g/mol. The molecule has 8 heteroatoms. The highest BCUT2D eigenvalue weighted by atomic mass is 16.5. The van der Waals surface area contributed by atoms with Crippen molar-refractivity contribution < 1.29 is 9.32 Å². The quantitative estimate of drug-likeness (QED) is 0.674. The van der Waals surface area contributed by atoms with Gasteiger partial charge in [0.15, 0.2) is 0 Å². The Kier molecular flexibility index (Phi) is 3.68. The normalized spacial score (nSPS) is 12.3. The second-order valence-electron chi connectivity index (χ2n) is 3.70. The van der Waals surface area contributed by atoms with Gasteiger partial charge in [-0.3, -0.25) is 4.79 Å². The van der Waals surface area contributed by atoms with Crippen LogP contribution >= 0.6 is 0 Å². The van der Waals surface area contributed by atoms with Gasteiger partial charge in [-0.05, 0) is 6.92 Å². The van der Waals surface area contributed by atoms with E-state index < -0.39 is 6.04 Å². The number of aromatic nitrogens is 4. The fraction of sp³-hybridized carbons (Fsp3) is 0.400. The van der Waals surface area contributed by atoms with Gasteiger partial charge in [0.25, 0.3) is 11.7 Å². The molecule has 0 bridgehead atoms. The number of nitrogens with zero attached hydrogens (tertiary/aromatic N) is 3. The van der Waals surface area contributed by atoms with Crippen molar-refractivity contribution >= 4 is 5.91 Å². The number of rotatable bonds is 5. The van der Waals surface area contributed by atoms with Gasteiger partial charge in [-0.2, -0.15) is 4.98 Å². The third kappa shape index (κ3) is 2.72. The Bertz CT molecular complexity index is 506. The zero-order valence-electron chi connectivity index (χ0n) is 9.88. The van der Waals surface area contributed by atoms with E-state index in [1.54, 1.807) is 12.5 Å². The Labute approximate surface area is 103 Å². The van der Waals surface area contributed by atoms with Crippen LogP contribution in [0.1, 0.15) is 35.2 Å². The lowest BCUT2D eigenvalue weighted by atomic mass is 10.2. The smallest absolute Gasteiger partial charge is 0.292 e. The van der Waals surface area contributed by atoms with Crippen LogP contribution in [0.15, 0.2) is 17.0 Å². The minimum Gasteiger partial charge on any atom is -0.349 e. The molecule has 1 amide bonds. The maximum absolute atomic E-state index is 11.4. The van der Waals surface area contributed by atoms with Gasteiger partial charge in [0.1, 0.15) is 0 Å². The fourth-order valence-electron chi connectivity index (χ4n) is 1.44. The second kappa shape index (κ2) is 5.41. The van der Waals surface area contributed by atoms with Gasteiger partial charge in [-0.1, -0.05) is 5.16 Å². The predicted octanol–water partition coefficient (Wildman–Crippen LogP) is -0.215. The first-order valence-corrected chi connectivity index (χ1v) is 5.55. The molecule has 18 heavy (non-hydrogen) atoms. The molecule has 1 unspecified atom stereocenters. The minimum atomic E-state index is -0.471. The van der Waals surface area contributed by atoms with Crippen molar-refractivity contribution in [3.05, 3.63) is 29.9 Å². The highest BCUT2D eigenvalue weighted by Crippen LogP contribution is 2.12. The summed E-state index contributed by atoms with van der Waals surface area (Å²) in [6, 6.07) is -0.471. The van der Waals surface area contributed by atoms with E-state index in [9.17, 15) is 4.79 Å². The van der Waals surface area contributed by atoms with Crippen LogP contribution in [-0.4, -0.2) is 32.6 Å². The molecule has 96 valence electrons. The number of nitrogens with two attached hydrogens (primary N) is 1. The molecule has 0 radical (unpaired) electrons. The predicted molar refractivity (Wildman–Crippen MR) is 61.5 cm³/mol. The molecule has 0 spiro atoms. The van der Waals surface area contributed by atoms with Gasteiger partial charge in [0.2, 0.25) is 5.89 Å². The van der Waals surface area contributed by atoms with E-state index in [2.05, 4.69) is 25.4 Å². The molecule has 2 heterocycles. The summed E-state index contributed by atoms with van der Waals surface area (Å²) in [6.45, 7) is 2.31. The maximum atomic E-state index is 11.4. The van der Waals surface area contributed by atoms with E-state index in [0.29, 0.717) is 13.0 Å². The Morgan fingerprint density at radius 3 is 3.17 bits per heavy atom. The molecule has 2 aromatic heterocycles. The van der Waals surface area contributed by atoms with Gasteiger partial charge < -0.3 is 20.6 Å². The van der Waals surface area contributed by atoms with Crippen LogP contribution in [0.3, 0.4) is 0 Å². The third-order valence-electron chi connectivity index (χ3n) is 2.29. The van der Waals surface area contributed by atoms with E-state index in [-0.39, 0.29) is 17.6 Å². The van der Waals surface area contributed by atoms with Crippen molar-refractivity contribution in [3.8, 4) is 0 Å². The van der Waals surface area contributed by atoms with Gasteiger partial charge >= 0.3 is 0 Å². The van der Waals surface area contributed by atoms with Crippen LogP contribution in [0, 0.1) is 0 Å². The van der Waals surface area contributed by atoms with Crippen LogP contribution in [0.2, 0.25) is 0 Å². The standard InChI is InChI=1S/C10H14N6O2/c1-2-13-9(17)8-15-10(18-16-8)7(11)3-6-4-12-5-14-6/h4-5,7H,2-3,11H2,1H3,(H,12,14)(H,13,17). The summed E-state index contributed by atoms with van der Waals surface area (Å²) in [5.41, 5.74) is 6.76. The molecule has 0 fully saturated rings. The molecule has 2 rings (SSSR count). The molecule has 0 aliphatic rings. The Morgan fingerprint density at radius 1 is 1.67 bits per heavy atom. The molecule has 8 nitrogen and oxygen atoms in total. The van der Waals surface area contributed by atoms with E-state index in [4.69, 9.17) is 10.3 Å². The summed E-state index contributed by atoms with van der Waals surface area (Å²) < 4.78 is 4.96. The number of hydrogen-bond donors (Lipinski definition) is 3. The summed E-state index contributed by atoms with van der Waals surface area (Å²) in [5.74, 6) is -0.154. The summed E-state index contributed by atoms with van der Waals surface area (Å²) in [7, 11) is 0. The van der Waals surface area contributed by atoms with Crippen molar-refractivity contribution in [2.45, 2.75) is 19.4 Å². The van der Waals surface area contributed by atoms with Crippen LogP contribution in [0.5, 0.6) is 0 Å². The number of carbonyl (C=O) groups excluding carboxylic acids is 1. The highest BCUT2D eigenvalue weighted by molar-refractivity contribution is 5.90. The largest absolute Gasteiger partial charge is 0.349 e. The van der Waals surface area contributed by atoms with Crippen molar-refractivity contribution in [2.75, 3.05) is 6.54 Å². The molecule has 0 aliphatic heterocycles. The summed E-state index contributed by atoms with van der Waals surface area (Å²) in [4.78, 5) is 22.2. The molecular weight excluding hydrogens is 236 g/mol. The minimum absolute atomic E-state index is 0.00749. The first-order valence-electron chi connectivity index (χ1n) is 5.55. The maximum Gasteiger partial charge on any atom is 0.292 e. The van der Waals surface area contributed by atoms with Gasteiger partial charge in [0.05, 0.1) is 12.4 Å². The molecule has 0 saturated carbocycles. The molecule has 4 N–H and O–H groups in total. The van der Waals surface area contributed by atoms with Gasteiger partial charge in [-0.25, -0.2) is 4.98 Å². The molecule has 2 aromatic rings. The van der Waals surface area contributed by atoms with Gasteiger partial charge in [-0.15, -0.1) is 0 Å². The van der Waals surface area contributed by atoms with Crippen molar-refractivity contribution in [1.29, 1.82) is 0 Å². The van der Waals surface area contributed by atoms with Crippen LogP contribution in [-0.2, 0) is 6.42 Å². The second-order valence-corrected chi connectivity index (χ2v) is 3.70. The number of nitrogens with one attached hydrogen (secondary N) is 2. The lowest BCUT2D eigenvalue weighted by molar-refractivity contribution is 0.0942. The molecule has 0 saturated heterocycles. The van der Waals surface area contributed by atoms with Crippen molar-refractivity contribution in [3.63, 3.8) is 0 Å². The number of amides is 1. The summed E-state index contributed by atoms with van der Waals surface area (Å²) in [6.07, 6.45) is 3.72. The average Bonchev–Trinajstić information content (AvgIpc) is 2.99. The van der Waals surface area contributed by atoms with Gasteiger partial charge in [0, 0.05) is 24.9 Å².